The van der Waals surface area contributed by atoms with Crippen molar-refractivity contribution in [2.24, 2.45) is 0 Å². The maximum atomic E-state index is 12.4. The highest BCUT2D eigenvalue weighted by Gasteiger charge is 2.15. The Kier molecular flexibility index (Phi) is 6.15. The van der Waals surface area contributed by atoms with Gasteiger partial charge in [-0.2, -0.15) is 0 Å². The Morgan fingerprint density at radius 2 is 1.89 bits per heavy atom. The average molecular weight is 402 g/mol. The van der Waals surface area contributed by atoms with Crippen molar-refractivity contribution in [2.75, 3.05) is 20.8 Å². The first-order valence-electron chi connectivity index (χ1n) is 9.08. The minimum atomic E-state index is -0.0562. The molecule has 5 nitrogen and oxygen atoms in total. The van der Waals surface area contributed by atoms with Gasteiger partial charge in [-0.3, -0.25) is 4.79 Å². The lowest BCUT2D eigenvalue weighted by Gasteiger charge is -2.10. The number of methoxy groups -OCH3 is 2. The van der Waals surface area contributed by atoms with Gasteiger partial charge < -0.3 is 19.2 Å². The molecule has 0 aliphatic carbocycles. The van der Waals surface area contributed by atoms with Crippen molar-refractivity contribution in [3.8, 4) is 11.5 Å². The van der Waals surface area contributed by atoms with E-state index in [-0.39, 0.29) is 12.3 Å². The molecule has 0 unspecified atom stereocenters. The summed E-state index contributed by atoms with van der Waals surface area (Å²) in [6.45, 7) is 4.42. The molecule has 6 heteroatoms. The molecule has 0 fully saturated rings. The normalized spacial score (nSPS) is 10.9. The molecule has 1 heterocycles. The quantitative estimate of drug-likeness (QED) is 0.627. The molecular formula is C22H24ClNO4. The van der Waals surface area contributed by atoms with Crippen LogP contribution < -0.4 is 14.8 Å². The van der Waals surface area contributed by atoms with Crippen LogP contribution in [0.15, 0.2) is 34.9 Å². The average Bonchev–Trinajstić information content (AvgIpc) is 3.08. The third-order valence-corrected chi connectivity index (χ3v) is 5.41. The highest BCUT2D eigenvalue weighted by atomic mass is 35.5. The maximum absolute atomic E-state index is 12.4. The highest BCUT2D eigenvalue weighted by molar-refractivity contribution is 6.33. The fourth-order valence-electron chi connectivity index (χ4n) is 3.36. The van der Waals surface area contributed by atoms with E-state index in [1.165, 1.54) is 0 Å². The van der Waals surface area contributed by atoms with Crippen LogP contribution in [0.5, 0.6) is 11.5 Å². The number of nitrogens with one attached hydrogen (secondary N) is 1. The zero-order chi connectivity index (χ0) is 20.3. The van der Waals surface area contributed by atoms with Crippen LogP contribution in [0.2, 0.25) is 5.02 Å². The molecule has 2 aromatic carbocycles. The summed E-state index contributed by atoms with van der Waals surface area (Å²) < 4.78 is 16.2. The highest BCUT2D eigenvalue weighted by Crippen LogP contribution is 2.32. The summed E-state index contributed by atoms with van der Waals surface area (Å²) in [5.74, 6) is 1.31. The van der Waals surface area contributed by atoms with Gasteiger partial charge in [0, 0.05) is 22.5 Å². The van der Waals surface area contributed by atoms with E-state index in [0.29, 0.717) is 29.5 Å². The number of hydrogen-bond donors (Lipinski definition) is 1. The second-order valence-electron chi connectivity index (χ2n) is 6.73. The van der Waals surface area contributed by atoms with E-state index in [2.05, 4.69) is 5.32 Å². The number of ether oxygens (including phenoxy) is 2. The second-order valence-corrected chi connectivity index (χ2v) is 7.11. The summed E-state index contributed by atoms with van der Waals surface area (Å²) in [6.07, 6.45) is 2.59. The van der Waals surface area contributed by atoms with Crippen LogP contribution in [0.1, 0.15) is 22.3 Å². The maximum Gasteiger partial charge on any atom is 0.224 e. The van der Waals surface area contributed by atoms with Crippen LogP contribution in [-0.4, -0.2) is 26.7 Å². The summed E-state index contributed by atoms with van der Waals surface area (Å²) in [5.41, 5.74) is 4.57. The number of carbonyl (C=O) groups excluding carboxylic acids is 1. The minimum Gasteiger partial charge on any atom is -0.493 e. The third-order valence-electron chi connectivity index (χ3n) is 4.83. The lowest BCUT2D eigenvalue weighted by molar-refractivity contribution is -0.120. The molecule has 0 spiro atoms. The smallest absolute Gasteiger partial charge is 0.224 e. The number of furan rings is 1. The Morgan fingerprint density at radius 3 is 2.61 bits per heavy atom. The summed E-state index contributed by atoms with van der Waals surface area (Å²) in [5, 5.41) is 4.59. The topological polar surface area (TPSA) is 60.7 Å². The standard InChI is InChI=1S/C22H24ClNO4/c1-13-9-19-21(14(2)22(13)23)16(12-28-19)11-20(25)24-8-7-15-5-6-17(26-3)18(10-15)27-4/h5-6,9-10,12H,7-8,11H2,1-4H3,(H,24,25). The molecule has 148 valence electrons. The van der Waals surface area contributed by atoms with Gasteiger partial charge >= 0.3 is 0 Å². The largest absolute Gasteiger partial charge is 0.493 e. The van der Waals surface area contributed by atoms with Gasteiger partial charge in [0.2, 0.25) is 5.91 Å². The van der Waals surface area contributed by atoms with Crippen molar-refractivity contribution < 1.29 is 18.7 Å². The number of carbonyl (C=O) groups is 1. The van der Waals surface area contributed by atoms with Crippen LogP contribution in [-0.2, 0) is 17.6 Å². The Bertz CT molecular complexity index is 1010. The molecule has 3 rings (SSSR count). The van der Waals surface area contributed by atoms with E-state index in [1.54, 1.807) is 20.5 Å². The molecule has 0 radical (unpaired) electrons. The molecule has 28 heavy (non-hydrogen) atoms. The van der Waals surface area contributed by atoms with E-state index in [4.69, 9.17) is 25.5 Å². The first kappa shape index (κ1) is 20.1. The summed E-state index contributed by atoms with van der Waals surface area (Å²) in [6, 6.07) is 7.65. The molecule has 1 aromatic heterocycles. The van der Waals surface area contributed by atoms with Crippen LogP contribution in [0.25, 0.3) is 11.0 Å². The summed E-state index contributed by atoms with van der Waals surface area (Å²) in [7, 11) is 3.21. The van der Waals surface area contributed by atoms with Gasteiger partial charge in [-0.05, 0) is 55.2 Å². The Balaban J connectivity index is 1.62. The molecule has 0 saturated heterocycles. The first-order valence-corrected chi connectivity index (χ1v) is 9.45. The van der Waals surface area contributed by atoms with Gasteiger partial charge in [0.1, 0.15) is 5.58 Å². The number of amides is 1. The van der Waals surface area contributed by atoms with Crippen molar-refractivity contribution in [3.05, 3.63) is 57.8 Å². The van der Waals surface area contributed by atoms with Crippen LogP contribution in [0, 0.1) is 13.8 Å². The fraction of sp³-hybridized carbons (Fsp3) is 0.318. The van der Waals surface area contributed by atoms with Gasteiger partial charge in [0.25, 0.3) is 0 Å². The summed E-state index contributed by atoms with van der Waals surface area (Å²) >= 11 is 6.36. The predicted molar refractivity (Wildman–Crippen MR) is 111 cm³/mol. The van der Waals surface area contributed by atoms with Crippen molar-refractivity contribution in [1.29, 1.82) is 0 Å². The Hall–Kier alpha value is -2.66. The van der Waals surface area contributed by atoms with Crippen LogP contribution in [0.3, 0.4) is 0 Å². The van der Waals surface area contributed by atoms with Crippen molar-refractivity contribution in [3.63, 3.8) is 0 Å². The van der Waals surface area contributed by atoms with E-state index >= 15 is 0 Å². The van der Waals surface area contributed by atoms with E-state index in [1.807, 2.05) is 38.1 Å². The van der Waals surface area contributed by atoms with Crippen LogP contribution >= 0.6 is 11.6 Å². The van der Waals surface area contributed by atoms with Crippen LogP contribution in [0.4, 0.5) is 0 Å². The number of fused-ring (bicyclic) bond motifs is 1. The number of benzene rings is 2. The molecule has 1 amide bonds. The molecule has 0 atom stereocenters. The molecule has 0 bridgehead atoms. The van der Waals surface area contributed by atoms with Gasteiger partial charge in [-0.15, -0.1) is 0 Å². The van der Waals surface area contributed by atoms with Gasteiger partial charge in [0.15, 0.2) is 11.5 Å². The Morgan fingerprint density at radius 1 is 1.14 bits per heavy atom. The Labute approximate surface area is 169 Å². The molecule has 0 aliphatic rings. The summed E-state index contributed by atoms with van der Waals surface area (Å²) in [4.78, 5) is 12.4. The van der Waals surface area contributed by atoms with Crippen molar-refractivity contribution >= 4 is 28.5 Å². The molecule has 3 aromatic rings. The van der Waals surface area contributed by atoms with E-state index in [0.717, 1.165) is 33.2 Å². The predicted octanol–water partition coefficient (Wildman–Crippen LogP) is 4.62. The number of halogens is 1. The van der Waals surface area contributed by atoms with Gasteiger partial charge in [0.05, 0.1) is 26.9 Å². The number of hydrogen-bond acceptors (Lipinski definition) is 4. The van der Waals surface area contributed by atoms with E-state index < -0.39 is 0 Å². The SMILES string of the molecule is COc1ccc(CCNC(=O)Cc2coc3cc(C)c(Cl)c(C)c23)cc1OC. The van der Waals surface area contributed by atoms with Crippen molar-refractivity contribution in [2.45, 2.75) is 26.7 Å². The zero-order valence-corrected chi connectivity index (χ0v) is 17.3. The van der Waals surface area contributed by atoms with Gasteiger partial charge in [-0.1, -0.05) is 17.7 Å². The zero-order valence-electron chi connectivity index (χ0n) is 16.5. The lowest BCUT2D eigenvalue weighted by Crippen LogP contribution is -2.27. The van der Waals surface area contributed by atoms with Gasteiger partial charge in [-0.25, -0.2) is 0 Å². The molecule has 1 N–H and O–H groups in total. The number of rotatable bonds is 7. The number of aryl methyl sites for hydroxylation is 2. The molecule has 0 aliphatic heterocycles. The molecule has 0 saturated carbocycles. The van der Waals surface area contributed by atoms with Crippen molar-refractivity contribution in [1.82, 2.24) is 5.32 Å². The minimum absolute atomic E-state index is 0.0562. The van der Waals surface area contributed by atoms with E-state index in [9.17, 15) is 4.79 Å². The molecular weight excluding hydrogens is 378 g/mol. The second kappa shape index (κ2) is 8.57. The lowest BCUT2D eigenvalue weighted by atomic mass is 10.0. The fourth-order valence-corrected chi connectivity index (χ4v) is 3.51. The monoisotopic (exact) mass is 401 g/mol. The third kappa shape index (κ3) is 4.09. The first-order chi connectivity index (χ1) is 13.4.